The molecule has 2 aromatic rings. The van der Waals surface area contributed by atoms with Crippen molar-refractivity contribution >= 4 is 33.0 Å². The maximum atomic E-state index is 13.0. The van der Waals surface area contributed by atoms with Gasteiger partial charge >= 0.3 is 0 Å². The van der Waals surface area contributed by atoms with Gasteiger partial charge < -0.3 is 15.8 Å². The molecule has 5 heteroatoms. The van der Waals surface area contributed by atoms with Crippen LogP contribution in [0.1, 0.15) is 0 Å². The normalized spacial score (nSPS) is 10.2. The van der Waals surface area contributed by atoms with Crippen LogP contribution in [-0.4, -0.2) is 7.11 Å². The molecular formula is C13H12BrFN2O. The fourth-order valence-corrected chi connectivity index (χ4v) is 1.96. The number of rotatable bonds is 3. The van der Waals surface area contributed by atoms with Gasteiger partial charge in [-0.25, -0.2) is 4.39 Å². The van der Waals surface area contributed by atoms with E-state index < -0.39 is 0 Å². The Kier molecular flexibility index (Phi) is 3.72. The predicted octanol–water partition coefficient (Wildman–Crippen LogP) is 3.92. The Hall–Kier alpha value is -1.75. The van der Waals surface area contributed by atoms with Crippen LogP contribution in [0.15, 0.2) is 40.9 Å². The lowest BCUT2D eigenvalue weighted by molar-refractivity contribution is 0.415. The van der Waals surface area contributed by atoms with Gasteiger partial charge in [0.05, 0.1) is 24.2 Å². The summed E-state index contributed by atoms with van der Waals surface area (Å²) in [5, 5.41) is 3.12. The minimum absolute atomic E-state index is 0.300. The summed E-state index contributed by atoms with van der Waals surface area (Å²) in [6.45, 7) is 0. The molecule has 0 radical (unpaired) electrons. The molecule has 2 aromatic carbocycles. The van der Waals surface area contributed by atoms with Crippen molar-refractivity contribution in [1.29, 1.82) is 0 Å². The molecule has 0 amide bonds. The molecule has 0 aliphatic carbocycles. The average Bonchev–Trinajstić information content (AvgIpc) is 2.35. The highest BCUT2D eigenvalue weighted by Gasteiger charge is 2.05. The van der Waals surface area contributed by atoms with Gasteiger partial charge in [0.2, 0.25) is 0 Å². The smallest absolute Gasteiger partial charge is 0.124 e. The number of benzene rings is 2. The van der Waals surface area contributed by atoms with E-state index in [1.54, 1.807) is 31.4 Å². The Morgan fingerprint density at radius 1 is 1.17 bits per heavy atom. The van der Waals surface area contributed by atoms with Gasteiger partial charge in [-0.15, -0.1) is 0 Å². The lowest BCUT2D eigenvalue weighted by atomic mass is 10.2. The summed E-state index contributed by atoms with van der Waals surface area (Å²) in [6, 6.07) is 9.71. The van der Waals surface area contributed by atoms with Crippen molar-refractivity contribution in [2.24, 2.45) is 0 Å². The van der Waals surface area contributed by atoms with Crippen molar-refractivity contribution in [1.82, 2.24) is 0 Å². The second-order valence-corrected chi connectivity index (χ2v) is 4.56. The Balaban J connectivity index is 2.33. The molecule has 0 atom stereocenters. The van der Waals surface area contributed by atoms with Crippen LogP contribution in [0.2, 0.25) is 0 Å². The first-order chi connectivity index (χ1) is 8.60. The number of hydrogen-bond donors (Lipinski definition) is 2. The third kappa shape index (κ3) is 2.73. The first-order valence-electron chi connectivity index (χ1n) is 5.26. The summed E-state index contributed by atoms with van der Waals surface area (Å²) < 4.78 is 18.7. The predicted molar refractivity (Wildman–Crippen MR) is 74.8 cm³/mol. The summed E-state index contributed by atoms with van der Waals surface area (Å²) in [5.41, 5.74) is 7.90. The number of methoxy groups -OCH3 is 1. The van der Waals surface area contributed by atoms with Gasteiger partial charge in [0.25, 0.3) is 0 Å². The molecule has 2 rings (SSSR count). The topological polar surface area (TPSA) is 47.3 Å². The van der Waals surface area contributed by atoms with E-state index in [1.165, 1.54) is 12.1 Å². The summed E-state index contributed by atoms with van der Waals surface area (Å²) in [4.78, 5) is 0. The maximum Gasteiger partial charge on any atom is 0.124 e. The van der Waals surface area contributed by atoms with Gasteiger partial charge in [0.1, 0.15) is 11.6 Å². The van der Waals surface area contributed by atoms with E-state index in [0.29, 0.717) is 21.6 Å². The number of nitrogens with two attached hydrogens (primary N) is 1. The van der Waals surface area contributed by atoms with Crippen LogP contribution in [0.25, 0.3) is 0 Å². The molecule has 0 heterocycles. The highest BCUT2D eigenvalue weighted by Crippen LogP contribution is 2.31. The molecule has 0 aliphatic rings. The molecule has 0 unspecified atom stereocenters. The molecule has 0 aliphatic heterocycles. The zero-order valence-corrected chi connectivity index (χ0v) is 11.3. The van der Waals surface area contributed by atoms with Crippen molar-refractivity contribution in [2.45, 2.75) is 0 Å². The van der Waals surface area contributed by atoms with Crippen LogP contribution >= 0.6 is 15.9 Å². The van der Waals surface area contributed by atoms with Crippen LogP contribution < -0.4 is 15.8 Å². The van der Waals surface area contributed by atoms with Crippen molar-refractivity contribution in [2.75, 3.05) is 18.2 Å². The fraction of sp³-hybridized carbons (Fsp3) is 0.0769. The molecule has 0 bridgehead atoms. The number of hydrogen-bond acceptors (Lipinski definition) is 3. The number of nitrogens with one attached hydrogen (secondary N) is 1. The minimum Gasteiger partial charge on any atom is -0.497 e. The minimum atomic E-state index is -0.300. The van der Waals surface area contributed by atoms with E-state index >= 15 is 0 Å². The van der Waals surface area contributed by atoms with Crippen molar-refractivity contribution in [3.05, 3.63) is 46.7 Å². The number of halogens is 2. The molecule has 0 saturated heterocycles. The highest BCUT2D eigenvalue weighted by molar-refractivity contribution is 9.10. The van der Waals surface area contributed by atoms with Crippen LogP contribution in [-0.2, 0) is 0 Å². The van der Waals surface area contributed by atoms with E-state index in [-0.39, 0.29) is 5.82 Å². The summed E-state index contributed by atoms with van der Waals surface area (Å²) in [5.74, 6) is 0.399. The Labute approximate surface area is 113 Å². The molecular weight excluding hydrogens is 299 g/mol. The van der Waals surface area contributed by atoms with Crippen LogP contribution in [0.4, 0.5) is 21.5 Å². The standard InChI is InChI=1S/C13H12BrFN2O/c1-18-9-3-4-11(16)13(7-9)17-12-5-2-8(15)6-10(12)14/h2-7,17H,16H2,1H3. The van der Waals surface area contributed by atoms with Gasteiger partial charge in [-0.05, 0) is 46.3 Å². The van der Waals surface area contributed by atoms with Crippen LogP contribution in [0.5, 0.6) is 5.75 Å². The number of ether oxygens (including phenoxy) is 1. The van der Waals surface area contributed by atoms with Gasteiger partial charge in [-0.1, -0.05) is 0 Å². The average molecular weight is 311 g/mol. The van der Waals surface area contributed by atoms with Crippen LogP contribution in [0, 0.1) is 5.82 Å². The van der Waals surface area contributed by atoms with Gasteiger partial charge in [0.15, 0.2) is 0 Å². The number of nitrogen functional groups attached to an aromatic ring is 1. The highest BCUT2D eigenvalue weighted by atomic mass is 79.9. The molecule has 0 spiro atoms. The zero-order valence-electron chi connectivity index (χ0n) is 9.71. The molecule has 0 aromatic heterocycles. The quantitative estimate of drug-likeness (QED) is 0.845. The van der Waals surface area contributed by atoms with E-state index in [4.69, 9.17) is 10.5 Å². The first kappa shape index (κ1) is 12.7. The summed E-state index contributed by atoms with van der Waals surface area (Å²) >= 11 is 3.29. The van der Waals surface area contributed by atoms with Gasteiger partial charge in [-0.2, -0.15) is 0 Å². The van der Waals surface area contributed by atoms with E-state index in [0.717, 1.165) is 5.69 Å². The monoisotopic (exact) mass is 310 g/mol. The molecule has 18 heavy (non-hydrogen) atoms. The lowest BCUT2D eigenvalue weighted by Gasteiger charge is -2.12. The SMILES string of the molecule is COc1ccc(N)c(Nc2ccc(F)cc2Br)c1. The third-order valence-electron chi connectivity index (χ3n) is 2.46. The second-order valence-electron chi connectivity index (χ2n) is 3.70. The van der Waals surface area contributed by atoms with Crippen molar-refractivity contribution < 1.29 is 9.13 Å². The molecule has 94 valence electrons. The van der Waals surface area contributed by atoms with Crippen LogP contribution in [0.3, 0.4) is 0 Å². The summed E-state index contributed by atoms with van der Waals surface area (Å²) in [6.07, 6.45) is 0. The third-order valence-corrected chi connectivity index (χ3v) is 3.12. The van der Waals surface area contributed by atoms with Crippen molar-refractivity contribution in [3.63, 3.8) is 0 Å². The van der Waals surface area contributed by atoms with Gasteiger partial charge in [0, 0.05) is 10.5 Å². The largest absolute Gasteiger partial charge is 0.497 e. The zero-order chi connectivity index (χ0) is 13.1. The Morgan fingerprint density at radius 2 is 1.94 bits per heavy atom. The fourth-order valence-electron chi connectivity index (χ4n) is 1.51. The van der Waals surface area contributed by atoms with Crippen molar-refractivity contribution in [3.8, 4) is 5.75 Å². The van der Waals surface area contributed by atoms with E-state index in [2.05, 4.69) is 21.2 Å². The van der Waals surface area contributed by atoms with Gasteiger partial charge in [-0.3, -0.25) is 0 Å². The molecule has 0 fully saturated rings. The number of anilines is 3. The molecule has 3 nitrogen and oxygen atoms in total. The lowest BCUT2D eigenvalue weighted by Crippen LogP contribution is -1.98. The Bertz CT molecular complexity index is 575. The second kappa shape index (κ2) is 5.27. The van der Waals surface area contributed by atoms with E-state index in [9.17, 15) is 4.39 Å². The molecule has 0 saturated carbocycles. The summed E-state index contributed by atoms with van der Waals surface area (Å²) in [7, 11) is 1.59. The maximum absolute atomic E-state index is 13.0. The Morgan fingerprint density at radius 3 is 2.61 bits per heavy atom. The molecule has 3 N–H and O–H groups in total. The van der Waals surface area contributed by atoms with E-state index in [1.807, 2.05) is 0 Å². The first-order valence-corrected chi connectivity index (χ1v) is 6.05.